The summed E-state index contributed by atoms with van der Waals surface area (Å²) in [5.74, 6) is -0.0706. The third-order valence-electron chi connectivity index (χ3n) is 4.65. The van der Waals surface area contributed by atoms with Crippen LogP contribution in [0.25, 0.3) is 5.82 Å². The van der Waals surface area contributed by atoms with Crippen molar-refractivity contribution in [2.75, 3.05) is 5.73 Å². The summed E-state index contributed by atoms with van der Waals surface area (Å²) in [5.41, 5.74) is 10.8. The van der Waals surface area contributed by atoms with Gasteiger partial charge in [-0.25, -0.2) is 10.1 Å². The molecule has 14 heteroatoms. The fraction of sp³-hybridized carbons (Fsp3) is 0.263. The van der Waals surface area contributed by atoms with Gasteiger partial charge >= 0.3 is 0 Å². The molecule has 3 aromatic heterocycles. The Bertz CT molecular complexity index is 1260. The van der Waals surface area contributed by atoms with Crippen molar-refractivity contribution in [1.82, 2.24) is 45.5 Å². The molecule has 0 unspecified atom stereocenters. The lowest BCUT2D eigenvalue weighted by Crippen LogP contribution is -2.21. The molecule has 0 spiro atoms. The topological polar surface area (TPSA) is 168 Å². The number of nitrogens with zero attached hydrogens (tertiary/aromatic N) is 9. The lowest BCUT2D eigenvalue weighted by molar-refractivity contribution is 0.0949. The Morgan fingerprint density at radius 3 is 2.76 bits per heavy atom. The summed E-state index contributed by atoms with van der Waals surface area (Å²) in [4.78, 5) is 12.9. The number of rotatable bonds is 9. The van der Waals surface area contributed by atoms with E-state index in [1.165, 1.54) is 22.0 Å². The summed E-state index contributed by atoms with van der Waals surface area (Å²) < 4.78 is 7.74. The monoisotopic (exact) mass is 467 g/mol. The van der Waals surface area contributed by atoms with Crippen molar-refractivity contribution >= 4 is 29.2 Å². The lowest BCUT2D eigenvalue weighted by atomic mass is 10.1. The number of hydrogen-bond acceptors (Lipinski definition) is 11. The molecule has 0 bridgehead atoms. The second kappa shape index (κ2) is 10.0. The Balaban J connectivity index is 1.50. The molecule has 0 atom stereocenters. The maximum absolute atomic E-state index is 12.9. The van der Waals surface area contributed by atoms with E-state index in [0.29, 0.717) is 17.3 Å². The highest BCUT2D eigenvalue weighted by atomic mass is 32.2. The van der Waals surface area contributed by atoms with E-state index < -0.39 is 5.91 Å². The van der Waals surface area contributed by atoms with Gasteiger partial charge in [0.25, 0.3) is 5.91 Å². The normalized spacial score (nSPS) is 11.6. The molecule has 0 aliphatic heterocycles. The van der Waals surface area contributed by atoms with Gasteiger partial charge in [-0.1, -0.05) is 47.3 Å². The molecule has 3 N–H and O–H groups in total. The van der Waals surface area contributed by atoms with E-state index in [0.717, 1.165) is 12.1 Å². The Kier molecular flexibility index (Phi) is 6.73. The van der Waals surface area contributed by atoms with Crippen LogP contribution in [0.2, 0.25) is 0 Å². The molecule has 0 saturated carbocycles. The highest BCUT2D eigenvalue weighted by molar-refractivity contribution is 7.98. The van der Waals surface area contributed by atoms with Crippen LogP contribution >= 0.6 is 11.8 Å². The average Bonchev–Trinajstić information content (AvgIpc) is 3.54. The standard InChI is InChI=1S/C19H21N11O2S/c1-12(8-9-13-6-4-3-5-7-13)22-24-18(31)15-14(10-33-19-25-21-11-29(19)2)30(28-23-15)17-16(20)26-32-27-17/h3-7,11H,8-10H2,1-2H3,(H2,20,26)(H,24,31)/b22-12-. The van der Waals surface area contributed by atoms with Gasteiger partial charge in [0.15, 0.2) is 10.9 Å². The number of carbonyl (C=O) groups excluding carboxylic acids is 1. The summed E-state index contributed by atoms with van der Waals surface area (Å²) in [6.07, 6.45) is 3.10. The van der Waals surface area contributed by atoms with Gasteiger partial charge < -0.3 is 10.3 Å². The van der Waals surface area contributed by atoms with Gasteiger partial charge in [-0.15, -0.1) is 15.3 Å². The Hall–Kier alpha value is -4.07. The largest absolute Gasteiger partial charge is 0.378 e. The molecule has 4 aromatic rings. The molecular weight excluding hydrogens is 446 g/mol. The summed E-state index contributed by atoms with van der Waals surface area (Å²) in [7, 11) is 1.82. The number of hydrogen-bond donors (Lipinski definition) is 2. The molecule has 0 aliphatic carbocycles. The Labute approximate surface area is 192 Å². The number of hydrazone groups is 1. The van der Waals surface area contributed by atoms with E-state index in [2.05, 4.69) is 58.1 Å². The summed E-state index contributed by atoms with van der Waals surface area (Å²) in [6, 6.07) is 10.1. The van der Waals surface area contributed by atoms with E-state index >= 15 is 0 Å². The Morgan fingerprint density at radius 2 is 2.06 bits per heavy atom. The molecule has 170 valence electrons. The number of amides is 1. The fourth-order valence-electron chi connectivity index (χ4n) is 2.88. The van der Waals surface area contributed by atoms with Crippen LogP contribution in [-0.4, -0.2) is 51.7 Å². The molecule has 0 radical (unpaired) electrons. The van der Waals surface area contributed by atoms with Crippen LogP contribution in [0, 0.1) is 0 Å². The molecule has 13 nitrogen and oxygen atoms in total. The number of nitrogen functional groups attached to an aromatic ring is 1. The second-order valence-electron chi connectivity index (χ2n) is 7.06. The number of thioether (sulfide) groups is 1. The second-order valence-corrected chi connectivity index (χ2v) is 8.00. The maximum atomic E-state index is 12.9. The van der Waals surface area contributed by atoms with Gasteiger partial charge in [-0.2, -0.15) is 9.78 Å². The van der Waals surface area contributed by atoms with Crippen molar-refractivity contribution in [3.63, 3.8) is 0 Å². The molecule has 1 amide bonds. The highest BCUT2D eigenvalue weighted by Crippen LogP contribution is 2.24. The van der Waals surface area contributed by atoms with Crippen LogP contribution in [0.5, 0.6) is 0 Å². The SMILES string of the molecule is C/C(CCc1ccccc1)=N/NC(=O)c1nnn(-c2nonc2N)c1CSc1nncn1C. The van der Waals surface area contributed by atoms with Crippen molar-refractivity contribution in [2.24, 2.45) is 12.1 Å². The molecule has 4 rings (SSSR count). The molecule has 3 heterocycles. The van der Waals surface area contributed by atoms with Crippen molar-refractivity contribution < 1.29 is 9.42 Å². The van der Waals surface area contributed by atoms with Crippen LogP contribution in [-0.2, 0) is 19.2 Å². The smallest absolute Gasteiger partial charge is 0.293 e. The summed E-state index contributed by atoms with van der Waals surface area (Å²) >= 11 is 1.34. The predicted molar refractivity (Wildman–Crippen MR) is 120 cm³/mol. The first-order valence-corrected chi connectivity index (χ1v) is 10.9. The minimum Gasteiger partial charge on any atom is -0.378 e. The van der Waals surface area contributed by atoms with Crippen molar-refractivity contribution in [3.8, 4) is 5.82 Å². The predicted octanol–water partition coefficient (Wildman–Crippen LogP) is 1.39. The maximum Gasteiger partial charge on any atom is 0.293 e. The molecule has 0 fully saturated rings. The average molecular weight is 468 g/mol. The number of nitrogens with one attached hydrogen (secondary N) is 1. The zero-order valence-electron chi connectivity index (χ0n) is 17.9. The van der Waals surface area contributed by atoms with Crippen LogP contribution in [0.15, 0.2) is 51.5 Å². The quantitative estimate of drug-likeness (QED) is 0.208. The van der Waals surface area contributed by atoms with Crippen LogP contribution in [0.4, 0.5) is 5.82 Å². The van der Waals surface area contributed by atoms with Gasteiger partial charge in [0.05, 0.1) is 5.69 Å². The van der Waals surface area contributed by atoms with E-state index in [4.69, 9.17) is 5.73 Å². The fourth-order valence-corrected chi connectivity index (χ4v) is 3.76. The third-order valence-corrected chi connectivity index (χ3v) is 5.69. The summed E-state index contributed by atoms with van der Waals surface area (Å²) in [5, 5.41) is 28.1. The zero-order chi connectivity index (χ0) is 23.2. The number of benzene rings is 1. The number of nitrogens with two attached hydrogens (primary N) is 1. The third kappa shape index (κ3) is 5.23. The molecule has 0 saturated heterocycles. The van der Waals surface area contributed by atoms with Crippen molar-refractivity contribution in [2.45, 2.75) is 30.7 Å². The first-order valence-electron chi connectivity index (χ1n) is 9.90. The zero-order valence-corrected chi connectivity index (χ0v) is 18.7. The van der Waals surface area contributed by atoms with Crippen molar-refractivity contribution in [3.05, 3.63) is 53.6 Å². The molecule has 33 heavy (non-hydrogen) atoms. The van der Waals surface area contributed by atoms with Crippen molar-refractivity contribution in [1.29, 1.82) is 0 Å². The number of carbonyl (C=O) groups is 1. The number of aryl methyl sites for hydroxylation is 2. The molecule has 1 aromatic carbocycles. The van der Waals surface area contributed by atoms with Gasteiger partial charge in [-0.3, -0.25) is 4.79 Å². The summed E-state index contributed by atoms with van der Waals surface area (Å²) in [6.45, 7) is 1.85. The first kappa shape index (κ1) is 22.1. The van der Waals surface area contributed by atoms with Gasteiger partial charge in [0, 0.05) is 18.5 Å². The lowest BCUT2D eigenvalue weighted by Gasteiger charge is -2.06. The van der Waals surface area contributed by atoms with Crippen LogP contribution < -0.4 is 11.2 Å². The van der Waals surface area contributed by atoms with Crippen LogP contribution in [0.3, 0.4) is 0 Å². The van der Waals surface area contributed by atoms with E-state index in [9.17, 15) is 4.79 Å². The number of aromatic nitrogens is 8. The van der Waals surface area contributed by atoms with Gasteiger partial charge in [0.2, 0.25) is 11.6 Å². The van der Waals surface area contributed by atoms with E-state index in [1.54, 1.807) is 10.9 Å². The van der Waals surface area contributed by atoms with Gasteiger partial charge in [0.1, 0.15) is 6.33 Å². The minimum absolute atomic E-state index is 0.0199. The first-order chi connectivity index (χ1) is 16.0. The molecule has 0 aliphatic rings. The minimum atomic E-state index is -0.510. The van der Waals surface area contributed by atoms with E-state index in [-0.39, 0.29) is 23.1 Å². The van der Waals surface area contributed by atoms with Crippen LogP contribution in [0.1, 0.15) is 35.1 Å². The van der Waals surface area contributed by atoms with Gasteiger partial charge in [-0.05, 0) is 35.6 Å². The Morgan fingerprint density at radius 1 is 1.24 bits per heavy atom. The van der Waals surface area contributed by atoms with E-state index in [1.807, 2.05) is 32.2 Å². The molecular formula is C19H21N11O2S. The highest BCUT2D eigenvalue weighted by Gasteiger charge is 2.24. The number of anilines is 1.